The summed E-state index contributed by atoms with van der Waals surface area (Å²) < 4.78 is 23.8. The van der Waals surface area contributed by atoms with Gasteiger partial charge in [0.1, 0.15) is 10.7 Å². The molecular weight excluding hydrogens is 371 g/mol. The first kappa shape index (κ1) is 17.4. The van der Waals surface area contributed by atoms with E-state index in [-0.39, 0.29) is 15.8 Å². The largest absolute Gasteiger partial charge is 0.448 e. The molecule has 1 aromatic carbocycles. The Morgan fingerprint density at radius 3 is 2.84 bits per heavy atom. The first-order valence-corrected chi connectivity index (χ1v) is 8.37. The van der Waals surface area contributed by atoms with E-state index in [9.17, 15) is 14.0 Å². The van der Waals surface area contributed by atoms with Gasteiger partial charge in [-0.2, -0.15) is 0 Å². The minimum absolute atomic E-state index is 0.109. The average molecular weight is 383 g/mol. The van der Waals surface area contributed by atoms with Crippen molar-refractivity contribution < 1.29 is 23.2 Å². The van der Waals surface area contributed by atoms with Crippen molar-refractivity contribution in [2.75, 3.05) is 5.32 Å². The summed E-state index contributed by atoms with van der Waals surface area (Å²) in [7, 11) is 0. The SMILES string of the molecule is Cc1cc(NC(=O)C(C)OC(=O)c2sc3cc(F)ccc3c2Cl)on1. The van der Waals surface area contributed by atoms with E-state index in [1.807, 2.05) is 0 Å². The van der Waals surface area contributed by atoms with Crippen molar-refractivity contribution in [3.63, 3.8) is 0 Å². The van der Waals surface area contributed by atoms with Gasteiger partial charge in [-0.15, -0.1) is 11.3 Å². The Kier molecular flexibility index (Phi) is 4.73. The van der Waals surface area contributed by atoms with Gasteiger partial charge < -0.3 is 9.26 Å². The van der Waals surface area contributed by atoms with Crippen LogP contribution in [0.4, 0.5) is 10.3 Å². The lowest BCUT2D eigenvalue weighted by molar-refractivity contribution is -0.123. The number of benzene rings is 1. The lowest BCUT2D eigenvalue weighted by Gasteiger charge is -2.11. The fourth-order valence-electron chi connectivity index (χ4n) is 2.08. The van der Waals surface area contributed by atoms with E-state index < -0.39 is 23.8 Å². The highest BCUT2D eigenvalue weighted by Crippen LogP contribution is 2.36. The topological polar surface area (TPSA) is 81.4 Å². The van der Waals surface area contributed by atoms with Crippen LogP contribution in [0.1, 0.15) is 22.3 Å². The fourth-order valence-corrected chi connectivity index (χ4v) is 3.50. The molecule has 0 fully saturated rings. The maximum atomic E-state index is 13.3. The first-order valence-electron chi connectivity index (χ1n) is 7.18. The second-order valence-corrected chi connectivity index (χ2v) is 6.69. The van der Waals surface area contributed by atoms with Gasteiger partial charge in [0, 0.05) is 16.2 Å². The third-order valence-corrected chi connectivity index (χ3v) is 4.94. The molecule has 1 unspecified atom stereocenters. The summed E-state index contributed by atoms with van der Waals surface area (Å²) in [6.45, 7) is 3.12. The van der Waals surface area contributed by atoms with Crippen molar-refractivity contribution >= 4 is 50.8 Å². The number of thiophene rings is 1. The highest BCUT2D eigenvalue weighted by atomic mass is 35.5. The van der Waals surface area contributed by atoms with Gasteiger partial charge in [0.25, 0.3) is 5.91 Å². The van der Waals surface area contributed by atoms with Crippen LogP contribution in [0.3, 0.4) is 0 Å². The summed E-state index contributed by atoms with van der Waals surface area (Å²) in [6, 6.07) is 5.56. The number of aryl methyl sites for hydroxylation is 1. The zero-order valence-corrected chi connectivity index (χ0v) is 14.7. The van der Waals surface area contributed by atoms with Crippen LogP contribution in [-0.2, 0) is 9.53 Å². The number of hydrogen-bond acceptors (Lipinski definition) is 6. The van der Waals surface area contributed by atoms with Crippen LogP contribution in [0.2, 0.25) is 5.02 Å². The summed E-state index contributed by atoms with van der Waals surface area (Å²) in [5, 5.41) is 6.80. The highest BCUT2D eigenvalue weighted by Gasteiger charge is 2.24. The summed E-state index contributed by atoms with van der Waals surface area (Å²) >= 11 is 7.16. The lowest BCUT2D eigenvalue weighted by atomic mass is 10.2. The van der Waals surface area contributed by atoms with Gasteiger partial charge in [-0.05, 0) is 32.0 Å². The molecule has 130 valence electrons. The van der Waals surface area contributed by atoms with Crippen molar-refractivity contribution in [1.29, 1.82) is 0 Å². The number of nitrogens with one attached hydrogen (secondary N) is 1. The molecule has 0 aliphatic carbocycles. The van der Waals surface area contributed by atoms with Crippen LogP contribution in [0, 0.1) is 12.7 Å². The number of aromatic nitrogens is 1. The zero-order valence-electron chi connectivity index (χ0n) is 13.1. The zero-order chi connectivity index (χ0) is 18.1. The van der Waals surface area contributed by atoms with Crippen LogP contribution < -0.4 is 5.32 Å². The molecule has 1 atom stereocenters. The molecule has 3 aromatic rings. The molecule has 0 bridgehead atoms. The summed E-state index contributed by atoms with van der Waals surface area (Å²) in [4.78, 5) is 24.4. The molecule has 2 heterocycles. The number of nitrogens with zero attached hydrogens (tertiary/aromatic N) is 1. The predicted molar refractivity (Wildman–Crippen MR) is 91.5 cm³/mol. The fraction of sp³-hybridized carbons (Fsp3) is 0.188. The number of carbonyl (C=O) groups is 2. The molecule has 0 saturated carbocycles. The Labute approximate surface area is 150 Å². The maximum absolute atomic E-state index is 13.3. The number of ether oxygens (including phenoxy) is 1. The molecule has 1 N–H and O–H groups in total. The molecule has 6 nitrogen and oxygen atoms in total. The van der Waals surface area contributed by atoms with E-state index in [0.29, 0.717) is 15.8 Å². The molecule has 9 heteroatoms. The monoisotopic (exact) mass is 382 g/mol. The second kappa shape index (κ2) is 6.81. The number of rotatable bonds is 4. The molecule has 0 radical (unpaired) electrons. The van der Waals surface area contributed by atoms with Crippen LogP contribution in [0.25, 0.3) is 10.1 Å². The third kappa shape index (κ3) is 3.64. The maximum Gasteiger partial charge on any atom is 0.350 e. The number of amides is 1. The number of anilines is 1. The van der Waals surface area contributed by atoms with Crippen LogP contribution >= 0.6 is 22.9 Å². The van der Waals surface area contributed by atoms with Gasteiger partial charge in [-0.25, -0.2) is 9.18 Å². The second-order valence-electron chi connectivity index (χ2n) is 5.25. The molecular formula is C16H12ClFN2O4S. The molecule has 0 aliphatic rings. The van der Waals surface area contributed by atoms with Gasteiger partial charge in [0.15, 0.2) is 6.10 Å². The van der Waals surface area contributed by atoms with Crippen molar-refractivity contribution in [3.05, 3.63) is 45.7 Å². The molecule has 25 heavy (non-hydrogen) atoms. The average Bonchev–Trinajstić information content (AvgIpc) is 3.10. The summed E-state index contributed by atoms with van der Waals surface area (Å²) in [5.74, 6) is -1.61. The minimum Gasteiger partial charge on any atom is -0.448 e. The van der Waals surface area contributed by atoms with E-state index in [2.05, 4.69) is 10.5 Å². The summed E-state index contributed by atoms with van der Waals surface area (Å²) in [5.41, 5.74) is 0.601. The lowest BCUT2D eigenvalue weighted by Crippen LogP contribution is -2.29. The number of halogens is 2. The predicted octanol–water partition coefficient (Wildman–Crippen LogP) is 4.17. The van der Waals surface area contributed by atoms with E-state index in [1.165, 1.54) is 31.2 Å². The number of fused-ring (bicyclic) bond motifs is 1. The Balaban J connectivity index is 1.73. The Morgan fingerprint density at radius 2 is 2.16 bits per heavy atom. The van der Waals surface area contributed by atoms with Gasteiger partial charge in [-0.1, -0.05) is 16.8 Å². The smallest absolute Gasteiger partial charge is 0.350 e. The molecule has 3 rings (SSSR count). The molecule has 2 aromatic heterocycles. The van der Waals surface area contributed by atoms with Crippen molar-refractivity contribution in [2.45, 2.75) is 20.0 Å². The molecule has 0 aliphatic heterocycles. The quantitative estimate of drug-likeness (QED) is 0.685. The third-order valence-electron chi connectivity index (χ3n) is 3.30. The molecule has 0 saturated heterocycles. The summed E-state index contributed by atoms with van der Waals surface area (Å²) in [6.07, 6.45) is -1.09. The first-order chi connectivity index (χ1) is 11.8. The molecule has 0 spiro atoms. The number of hydrogen-bond donors (Lipinski definition) is 1. The van der Waals surface area contributed by atoms with Gasteiger partial charge in [0.05, 0.1) is 10.7 Å². The van der Waals surface area contributed by atoms with E-state index in [0.717, 1.165) is 11.3 Å². The number of carbonyl (C=O) groups excluding carboxylic acids is 2. The highest BCUT2D eigenvalue weighted by molar-refractivity contribution is 7.21. The minimum atomic E-state index is -1.09. The van der Waals surface area contributed by atoms with E-state index in [4.69, 9.17) is 20.9 Å². The van der Waals surface area contributed by atoms with Gasteiger partial charge >= 0.3 is 5.97 Å². The Morgan fingerprint density at radius 1 is 1.40 bits per heavy atom. The van der Waals surface area contributed by atoms with Gasteiger partial charge in [0.2, 0.25) is 5.88 Å². The van der Waals surface area contributed by atoms with Crippen molar-refractivity contribution in [3.8, 4) is 0 Å². The van der Waals surface area contributed by atoms with Crippen molar-refractivity contribution in [1.82, 2.24) is 5.16 Å². The normalized spacial score (nSPS) is 12.2. The van der Waals surface area contributed by atoms with E-state index in [1.54, 1.807) is 6.92 Å². The van der Waals surface area contributed by atoms with Crippen LogP contribution in [0.5, 0.6) is 0 Å². The number of esters is 1. The van der Waals surface area contributed by atoms with E-state index >= 15 is 0 Å². The van der Waals surface area contributed by atoms with Crippen LogP contribution in [0.15, 0.2) is 28.8 Å². The Hall–Kier alpha value is -2.45. The Bertz CT molecular complexity index is 968. The van der Waals surface area contributed by atoms with Crippen molar-refractivity contribution in [2.24, 2.45) is 0 Å². The van der Waals surface area contributed by atoms with Crippen LogP contribution in [-0.4, -0.2) is 23.1 Å². The standard InChI is InChI=1S/C16H12ClFN2O4S/c1-7-5-12(24-20-7)19-15(21)8(2)23-16(22)14-13(17)10-4-3-9(18)6-11(10)25-14/h3-6,8H,1-2H3,(H,19,21). The van der Waals surface area contributed by atoms with Gasteiger partial charge in [-0.3, -0.25) is 10.1 Å². The molecule has 1 amide bonds.